The fourth-order valence-electron chi connectivity index (χ4n) is 7.58. The third-order valence-corrected chi connectivity index (χ3v) is 9.74. The molecule has 0 fully saturated rings. The summed E-state index contributed by atoms with van der Waals surface area (Å²) in [6.07, 6.45) is 0. The molecule has 0 aromatic heterocycles. The monoisotopic (exact) mass is 584 g/mol. The molecule has 0 radical (unpaired) electrons. The lowest BCUT2D eigenvalue weighted by Gasteiger charge is -2.23. The minimum Gasteiger partial charge on any atom is -0.0622 e. The molecule has 8 aromatic rings. The number of hydrogen-bond acceptors (Lipinski definition) is 0. The number of hydrogen-bond donors (Lipinski definition) is 0. The third-order valence-electron chi connectivity index (χ3n) is 9.74. The highest BCUT2D eigenvalue weighted by Crippen LogP contribution is 2.58. The summed E-state index contributed by atoms with van der Waals surface area (Å²) in [5.74, 6) is 0. The van der Waals surface area contributed by atoms with E-state index < -0.39 is 0 Å². The third kappa shape index (κ3) is 4.07. The number of aryl methyl sites for hydroxylation is 2. The van der Waals surface area contributed by atoms with Gasteiger partial charge in [0.25, 0.3) is 0 Å². The van der Waals surface area contributed by atoms with Crippen LogP contribution in [0.4, 0.5) is 0 Å². The van der Waals surface area contributed by atoms with Crippen LogP contribution >= 0.6 is 0 Å². The van der Waals surface area contributed by atoms with Crippen LogP contribution in [0.5, 0.6) is 0 Å². The van der Waals surface area contributed by atoms with Gasteiger partial charge in [0, 0.05) is 0 Å². The molecule has 0 aliphatic heterocycles. The van der Waals surface area contributed by atoms with E-state index in [0.29, 0.717) is 0 Å². The van der Waals surface area contributed by atoms with Gasteiger partial charge in [-0.2, -0.15) is 0 Å². The maximum atomic E-state index is 2.48. The van der Waals surface area contributed by atoms with Gasteiger partial charge in [0.2, 0.25) is 0 Å². The van der Waals surface area contributed by atoms with E-state index in [-0.39, 0.29) is 0 Å². The largest absolute Gasteiger partial charge is 0.0622 e. The average molecular weight is 585 g/mol. The molecule has 1 aliphatic carbocycles. The Labute approximate surface area is 270 Å². The molecule has 0 unspecified atom stereocenters. The van der Waals surface area contributed by atoms with Crippen LogP contribution in [0.2, 0.25) is 0 Å². The highest BCUT2D eigenvalue weighted by Gasteiger charge is 2.31. The normalized spacial score (nSPS) is 11.7. The Bertz CT molecular complexity index is 2260. The Kier molecular flexibility index (Phi) is 6.05. The van der Waals surface area contributed by atoms with Gasteiger partial charge in [-0.1, -0.05) is 157 Å². The van der Waals surface area contributed by atoms with Gasteiger partial charge in [-0.3, -0.25) is 0 Å². The maximum absolute atomic E-state index is 2.48. The highest BCUT2D eigenvalue weighted by atomic mass is 14.3. The second kappa shape index (κ2) is 10.4. The van der Waals surface area contributed by atoms with Crippen molar-refractivity contribution in [2.45, 2.75) is 13.8 Å². The van der Waals surface area contributed by atoms with Crippen molar-refractivity contribution >= 4 is 21.5 Å². The molecule has 0 spiro atoms. The Morgan fingerprint density at radius 3 is 1.13 bits per heavy atom. The molecule has 0 N–H and O–H groups in total. The van der Waals surface area contributed by atoms with Gasteiger partial charge >= 0.3 is 0 Å². The lowest BCUT2D eigenvalue weighted by molar-refractivity contribution is 1.47. The molecule has 8 aromatic carbocycles. The summed E-state index contributed by atoms with van der Waals surface area (Å²) < 4.78 is 0. The van der Waals surface area contributed by atoms with Crippen molar-refractivity contribution in [1.29, 1.82) is 0 Å². The molecular formula is C46H32. The summed E-state index contributed by atoms with van der Waals surface area (Å²) in [6.45, 7) is 4.34. The van der Waals surface area contributed by atoms with Crippen molar-refractivity contribution in [1.82, 2.24) is 0 Å². The smallest absolute Gasteiger partial charge is 0.000741 e. The molecule has 0 bridgehead atoms. The van der Waals surface area contributed by atoms with Crippen LogP contribution in [-0.2, 0) is 0 Å². The Balaban J connectivity index is 1.54. The fraction of sp³-hybridized carbons (Fsp3) is 0.0435. The average Bonchev–Trinajstić information content (AvgIpc) is 3.44. The minimum atomic E-state index is 1.22. The first-order chi connectivity index (χ1) is 22.7. The number of fused-ring (bicyclic) bond motifs is 4. The zero-order chi connectivity index (χ0) is 30.8. The molecular weight excluding hydrogens is 553 g/mol. The van der Waals surface area contributed by atoms with Crippen LogP contribution in [0.3, 0.4) is 0 Å². The van der Waals surface area contributed by atoms with Gasteiger partial charge in [0.15, 0.2) is 0 Å². The molecule has 0 heteroatoms. The van der Waals surface area contributed by atoms with Crippen molar-refractivity contribution < 1.29 is 0 Å². The van der Waals surface area contributed by atoms with E-state index in [0.717, 1.165) is 0 Å². The Hall–Kier alpha value is -5.72. The van der Waals surface area contributed by atoms with Gasteiger partial charge in [0.1, 0.15) is 0 Å². The molecule has 0 saturated heterocycles. The molecule has 1 aliphatic rings. The molecule has 0 amide bonds. The molecule has 0 saturated carbocycles. The van der Waals surface area contributed by atoms with Gasteiger partial charge in [-0.15, -0.1) is 0 Å². The Morgan fingerprint density at radius 1 is 0.304 bits per heavy atom. The van der Waals surface area contributed by atoms with Crippen LogP contribution in [0.15, 0.2) is 158 Å². The lowest BCUT2D eigenvalue weighted by Crippen LogP contribution is -1.96. The zero-order valence-corrected chi connectivity index (χ0v) is 26.0. The molecule has 0 heterocycles. The number of rotatable bonds is 4. The maximum Gasteiger partial charge on any atom is -0.000741 e. The molecule has 9 rings (SSSR count). The van der Waals surface area contributed by atoms with Crippen LogP contribution < -0.4 is 0 Å². The molecule has 0 nitrogen and oxygen atoms in total. The van der Waals surface area contributed by atoms with Crippen LogP contribution in [-0.4, -0.2) is 0 Å². The van der Waals surface area contributed by atoms with E-state index in [2.05, 4.69) is 172 Å². The standard InChI is InChI=1S/C46H32/c1-29-19-23-34(24-20-29)43-40-27-38(31-11-5-3-6-12-31)39(32-13-7-4-8-14-32)28-41(40)44(35-25-21-30(2)22-26-35)46-37-18-10-16-33-15-9-17-36(42(33)37)45(43)46/h3-28H,1-2H3. The lowest BCUT2D eigenvalue weighted by atomic mass is 9.80. The van der Waals surface area contributed by atoms with E-state index in [1.165, 1.54) is 99.4 Å². The molecule has 216 valence electrons. The van der Waals surface area contributed by atoms with Gasteiger partial charge in [-0.25, -0.2) is 0 Å². The second-order valence-electron chi connectivity index (χ2n) is 12.6. The van der Waals surface area contributed by atoms with Crippen molar-refractivity contribution in [3.8, 4) is 66.8 Å². The summed E-state index contributed by atoms with van der Waals surface area (Å²) in [5.41, 5.74) is 17.9. The van der Waals surface area contributed by atoms with Crippen molar-refractivity contribution in [3.63, 3.8) is 0 Å². The summed E-state index contributed by atoms with van der Waals surface area (Å²) in [4.78, 5) is 0. The first-order valence-corrected chi connectivity index (χ1v) is 16.1. The quantitative estimate of drug-likeness (QED) is 0.193. The van der Waals surface area contributed by atoms with E-state index in [1.54, 1.807) is 0 Å². The van der Waals surface area contributed by atoms with E-state index in [9.17, 15) is 0 Å². The van der Waals surface area contributed by atoms with Gasteiger partial charge < -0.3 is 0 Å². The topological polar surface area (TPSA) is 0 Å². The summed E-state index contributed by atoms with van der Waals surface area (Å²) in [5, 5.41) is 5.20. The molecule has 46 heavy (non-hydrogen) atoms. The van der Waals surface area contributed by atoms with Crippen LogP contribution in [0.25, 0.3) is 88.3 Å². The van der Waals surface area contributed by atoms with Crippen LogP contribution in [0, 0.1) is 13.8 Å². The van der Waals surface area contributed by atoms with E-state index in [1.807, 2.05) is 0 Å². The minimum absolute atomic E-state index is 1.22. The first kappa shape index (κ1) is 26.7. The SMILES string of the molecule is Cc1ccc(-c2c3c(c(-c4ccc(C)cc4)c4cc(-c5ccccc5)c(-c5ccccc5)cc24)-c2cccc4cccc-3c24)cc1. The zero-order valence-electron chi connectivity index (χ0n) is 26.0. The summed E-state index contributed by atoms with van der Waals surface area (Å²) in [6, 6.07) is 58.6. The number of benzene rings is 8. The van der Waals surface area contributed by atoms with Crippen LogP contribution in [0.1, 0.15) is 11.1 Å². The van der Waals surface area contributed by atoms with E-state index in [4.69, 9.17) is 0 Å². The van der Waals surface area contributed by atoms with Gasteiger partial charge in [0.05, 0.1) is 0 Å². The second-order valence-corrected chi connectivity index (χ2v) is 12.6. The van der Waals surface area contributed by atoms with E-state index >= 15 is 0 Å². The summed E-state index contributed by atoms with van der Waals surface area (Å²) >= 11 is 0. The Morgan fingerprint density at radius 2 is 0.717 bits per heavy atom. The first-order valence-electron chi connectivity index (χ1n) is 16.1. The van der Waals surface area contributed by atoms with Gasteiger partial charge in [-0.05, 0) is 114 Å². The predicted octanol–water partition coefficient (Wildman–Crippen LogP) is 12.9. The van der Waals surface area contributed by atoms with Crippen molar-refractivity contribution in [2.75, 3.05) is 0 Å². The molecule has 0 atom stereocenters. The predicted molar refractivity (Wildman–Crippen MR) is 197 cm³/mol. The van der Waals surface area contributed by atoms with Crippen molar-refractivity contribution in [3.05, 3.63) is 169 Å². The highest BCUT2D eigenvalue weighted by molar-refractivity contribution is 6.28. The van der Waals surface area contributed by atoms with Crippen molar-refractivity contribution in [2.24, 2.45) is 0 Å². The fourth-order valence-corrected chi connectivity index (χ4v) is 7.58. The summed E-state index contributed by atoms with van der Waals surface area (Å²) in [7, 11) is 0.